The van der Waals surface area contributed by atoms with Gasteiger partial charge >= 0.3 is 5.97 Å². The number of carbonyl (C=O) groups is 4. The first-order chi connectivity index (χ1) is 13.7. The lowest BCUT2D eigenvalue weighted by Gasteiger charge is -2.37. The van der Waals surface area contributed by atoms with E-state index in [-0.39, 0.29) is 41.9 Å². The van der Waals surface area contributed by atoms with E-state index in [2.05, 4.69) is 10.6 Å². The van der Waals surface area contributed by atoms with E-state index in [0.29, 0.717) is 5.57 Å². The second kappa shape index (κ2) is 11.8. The molecule has 3 atom stereocenters. The van der Waals surface area contributed by atoms with Gasteiger partial charge in [-0.05, 0) is 25.3 Å². The van der Waals surface area contributed by atoms with E-state index in [0.717, 1.165) is 0 Å². The van der Waals surface area contributed by atoms with Gasteiger partial charge in [0.15, 0.2) is 0 Å². The zero-order valence-electron chi connectivity index (χ0n) is 19.8. The van der Waals surface area contributed by atoms with Crippen LogP contribution in [0.3, 0.4) is 0 Å². The minimum atomic E-state index is -1.28. The molecule has 0 aliphatic rings. The summed E-state index contributed by atoms with van der Waals surface area (Å²) in [5.41, 5.74) is -0.00142. The maximum absolute atomic E-state index is 13.1. The summed E-state index contributed by atoms with van der Waals surface area (Å²) in [7, 11) is 3.44. The molecule has 8 nitrogen and oxygen atoms in total. The Balaban J connectivity index is 5.60. The monoisotopic (exact) mass is 425 g/mol. The largest absolute Gasteiger partial charge is 0.480 e. The fourth-order valence-electron chi connectivity index (χ4n) is 3.20. The first-order valence-corrected chi connectivity index (χ1v) is 10.3. The molecule has 0 aliphatic heterocycles. The van der Waals surface area contributed by atoms with E-state index >= 15 is 0 Å². The fraction of sp³-hybridized carbons (Fsp3) is 0.727. The van der Waals surface area contributed by atoms with Crippen molar-refractivity contribution in [2.75, 3.05) is 14.1 Å². The molecule has 0 bridgehead atoms. The summed E-state index contributed by atoms with van der Waals surface area (Å²) in [4.78, 5) is 50.2. The number of rotatable bonds is 11. The molecule has 0 aromatic rings. The highest BCUT2D eigenvalue weighted by atomic mass is 16.4. The van der Waals surface area contributed by atoms with Gasteiger partial charge in [0, 0.05) is 25.5 Å². The predicted molar refractivity (Wildman–Crippen MR) is 117 cm³/mol. The van der Waals surface area contributed by atoms with Crippen molar-refractivity contribution >= 4 is 23.6 Å². The van der Waals surface area contributed by atoms with E-state index in [1.807, 2.05) is 34.6 Å². The number of carboxylic acid groups (broad SMARTS) is 1. The maximum Gasteiger partial charge on any atom is 0.326 e. The van der Waals surface area contributed by atoms with Gasteiger partial charge < -0.3 is 20.6 Å². The topological polar surface area (TPSA) is 116 Å². The molecule has 2 amide bonds. The van der Waals surface area contributed by atoms with Crippen LogP contribution in [-0.2, 0) is 19.2 Å². The van der Waals surface area contributed by atoms with Crippen LogP contribution in [0.25, 0.3) is 0 Å². The van der Waals surface area contributed by atoms with Crippen molar-refractivity contribution in [3.05, 3.63) is 11.6 Å². The number of aliphatic carboxylic acids is 1. The minimum absolute atomic E-state index is 0.0242. The molecule has 0 fully saturated rings. The number of carbonyl (C=O) groups excluding carboxylic acids is 3. The zero-order valence-corrected chi connectivity index (χ0v) is 19.8. The van der Waals surface area contributed by atoms with E-state index in [1.165, 1.54) is 0 Å². The van der Waals surface area contributed by atoms with Gasteiger partial charge in [-0.1, -0.05) is 47.6 Å². The van der Waals surface area contributed by atoms with Crippen LogP contribution in [-0.4, -0.2) is 65.8 Å². The van der Waals surface area contributed by atoms with Gasteiger partial charge in [0.05, 0.1) is 12.1 Å². The molecule has 0 aliphatic carbocycles. The van der Waals surface area contributed by atoms with Crippen LogP contribution < -0.4 is 10.6 Å². The van der Waals surface area contributed by atoms with Crippen molar-refractivity contribution in [1.29, 1.82) is 0 Å². The molecule has 0 saturated carbocycles. The number of Topliss-reactive ketones (excluding diaryl/α,β-unsaturated/α-hetero) is 1. The molecule has 0 heterocycles. The lowest BCUT2D eigenvalue weighted by molar-refractivity contribution is -0.142. The first-order valence-electron chi connectivity index (χ1n) is 10.3. The van der Waals surface area contributed by atoms with Crippen LogP contribution in [0.5, 0.6) is 0 Å². The Hall–Kier alpha value is -2.22. The molecular weight excluding hydrogens is 386 g/mol. The Morgan fingerprint density at radius 3 is 2.03 bits per heavy atom. The molecule has 172 valence electrons. The smallest absolute Gasteiger partial charge is 0.326 e. The van der Waals surface area contributed by atoms with Crippen LogP contribution >= 0.6 is 0 Å². The Morgan fingerprint density at radius 1 is 1.13 bits per heavy atom. The Labute approximate surface area is 180 Å². The zero-order chi connectivity index (χ0) is 23.8. The molecule has 30 heavy (non-hydrogen) atoms. The Bertz CT molecular complexity index is 664. The molecular formula is C22H39N3O5. The number of hydrogen-bond acceptors (Lipinski definition) is 5. The van der Waals surface area contributed by atoms with Gasteiger partial charge in [0.25, 0.3) is 0 Å². The molecule has 3 N–H and O–H groups in total. The number of amides is 2. The summed E-state index contributed by atoms with van der Waals surface area (Å²) in [6.45, 7) is 13.0. The lowest BCUT2D eigenvalue weighted by Crippen LogP contribution is -2.54. The molecule has 0 saturated heterocycles. The number of carboxylic acids is 1. The van der Waals surface area contributed by atoms with Crippen molar-refractivity contribution in [3.63, 3.8) is 0 Å². The van der Waals surface area contributed by atoms with Gasteiger partial charge in [-0.15, -0.1) is 0 Å². The molecule has 8 heteroatoms. The number of likely N-dealkylation sites (N-methyl/N-ethyl adjacent to an activating group) is 2. The fourth-order valence-corrected chi connectivity index (χ4v) is 3.20. The summed E-state index contributed by atoms with van der Waals surface area (Å²) in [5.74, 6) is -2.14. The predicted octanol–water partition coefficient (Wildman–Crippen LogP) is 1.99. The normalized spacial score (nSPS) is 15.3. The van der Waals surface area contributed by atoms with E-state index in [4.69, 9.17) is 0 Å². The first kappa shape index (κ1) is 27.8. The summed E-state index contributed by atoms with van der Waals surface area (Å²) in [5, 5.41) is 14.8. The van der Waals surface area contributed by atoms with Crippen LogP contribution in [0.2, 0.25) is 0 Å². The van der Waals surface area contributed by atoms with E-state index in [9.17, 15) is 24.3 Å². The van der Waals surface area contributed by atoms with Gasteiger partial charge in [-0.3, -0.25) is 14.4 Å². The maximum atomic E-state index is 13.1. The third kappa shape index (κ3) is 8.26. The lowest BCUT2D eigenvalue weighted by atomic mass is 9.85. The highest BCUT2D eigenvalue weighted by Gasteiger charge is 2.34. The molecule has 0 rings (SSSR count). The number of hydrogen-bond donors (Lipinski definition) is 3. The van der Waals surface area contributed by atoms with Gasteiger partial charge in [0.1, 0.15) is 11.8 Å². The second-order valence-electron chi connectivity index (χ2n) is 9.08. The summed E-state index contributed by atoms with van der Waals surface area (Å²) in [6.07, 6.45) is 1.62. The quantitative estimate of drug-likeness (QED) is 0.436. The average Bonchev–Trinajstić information content (AvgIpc) is 2.63. The summed E-state index contributed by atoms with van der Waals surface area (Å²) >= 11 is 0. The van der Waals surface area contributed by atoms with Crippen LogP contribution in [0.15, 0.2) is 11.6 Å². The van der Waals surface area contributed by atoms with Crippen molar-refractivity contribution in [2.24, 2.45) is 11.3 Å². The van der Waals surface area contributed by atoms with Crippen molar-refractivity contribution < 1.29 is 24.3 Å². The molecule has 1 unspecified atom stereocenters. The number of ketones is 1. The third-order valence-corrected chi connectivity index (χ3v) is 5.09. The summed E-state index contributed by atoms with van der Waals surface area (Å²) < 4.78 is 0. The van der Waals surface area contributed by atoms with E-state index < -0.39 is 24.0 Å². The average molecular weight is 426 g/mol. The van der Waals surface area contributed by atoms with Gasteiger partial charge in [0.2, 0.25) is 11.8 Å². The Kier molecular flexibility index (Phi) is 11.0. The highest BCUT2D eigenvalue weighted by Crippen LogP contribution is 2.23. The van der Waals surface area contributed by atoms with Gasteiger partial charge in [-0.2, -0.15) is 0 Å². The van der Waals surface area contributed by atoms with Crippen LogP contribution in [0, 0.1) is 11.3 Å². The molecule has 0 radical (unpaired) electrons. The Morgan fingerprint density at radius 2 is 1.67 bits per heavy atom. The molecule has 0 spiro atoms. The highest BCUT2D eigenvalue weighted by molar-refractivity contribution is 5.97. The minimum Gasteiger partial charge on any atom is -0.480 e. The standard InChI is InChI=1S/C22H39N3O5/c1-10-15(26)12-16(21(29)30)24-19(27)14(4)11-17(13(2)3)25(9)20(28)18(23-8)22(5,6)7/h11,13,16-18,23H,10,12H2,1-9H3,(H,24,27)(H,29,30)/b14-11+/t16?,17-,18-/m1/s1. The molecule has 0 aromatic carbocycles. The van der Waals surface area contributed by atoms with Crippen molar-refractivity contribution in [1.82, 2.24) is 15.5 Å². The third-order valence-electron chi connectivity index (χ3n) is 5.09. The van der Waals surface area contributed by atoms with Crippen molar-refractivity contribution in [3.8, 4) is 0 Å². The number of nitrogens with zero attached hydrogens (tertiary/aromatic N) is 1. The van der Waals surface area contributed by atoms with Gasteiger partial charge in [-0.25, -0.2) is 4.79 Å². The molecule has 0 aromatic heterocycles. The van der Waals surface area contributed by atoms with E-state index in [1.54, 1.807) is 38.9 Å². The SMILES string of the molecule is CCC(=O)CC(NC(=O)/C(C)=C/[C@H](C(C)C)N(C)C(=O)[C@@H](NC)C(C)(C)C)C(=O)O. The van der Waals surface area contributed by atoms with Crippen LogP contribution in [0.1, 0.15) is 61.3 Å². The van der Waals surface area contributed by atoms with Crippen molar-refractivity contribution in [2.45, 2.75) is 79.4 Å². The van der Waals surface area contributed by atoms with Crippen LogP contribution in [0.4, 0.5) is 0 Å². The summed E-state index contributed by atoms with van der Waals surface area (Å²) in [6, 6.07) is -2.04. The number of nitrogens with one attached hydrogen (secondary N) is 2. The second-order valence-corrected chi connectivity index (χ2v) is 9.08.